The van der Waals surface area contributed by atoms with Crippen molar-refractivity contribution in [1.82, 2.24) is 14.7 Å². The number of rotatable bonds is 2. The van der Waals surface area contributed by atoms with Gasteiger partial charge in [-0.15, -0.1) is 0 Å². The second-order valence-electron chi connectivity index (χ2n) is 6.52. The van der Waals surface area contributed by atoms with E-state index in [1.165, 1.54) is 12.8 Å². The van der Waals surface area contributed by atoms with Crippen LogP contribution in [0, 0.1) is 6.54 Å². The van der Waals surface area contributed by atoms with Crippen LogP contribution < -0.4 is 0 Å². The van der Waals surface area contributed by atoms with Crippen LogP contribution in [0.25, 0.3) is 0 Å². The Hall–Kier alpha value is -2.30. The molecule has 0 unspecified atom stereocenters. The number of guanidine groups is 1. The second kappa shape index (κ2) is 6.67. The number of benzene rings is 1. The summed E-state index contributed by atoms with van der Waals surface area (Å²) in [5.41, 5.74) is 0.693. The Balaban J connectivity index is 1.62. The van der Waals surface area contributed by atoms with Crippen LogP contribution in [-0.2, 0) is 0 Å². The molecule has 2 saturated heterocycles. The summed E-state index contributed by atoms with van der Waals surface area (Å²) in [6.45, 7) is 5.95. The summed E-state index contributed by atoms with van der Waals surface area (Å²) in [5, 5.41) is 0. The third kappa shape index (κ3) is 2.90. The summed E-state index contributed by atoms with van der Waals surface area (Å²) in [6, 6.07) is 9.44. The highest BCUT2D eigenvalue weighted by Crippen LogP contribution is 2.24. The molecule has 3 aliphatic rings. The Bertz CT molecular complexity index is 655. The molecule has 0 aliphatic carbocycles. The molecule has 5 heteroatoms. The van der Waals surface area contributed by atoms with Crippen molar-refractivity contribution in [3.63, 3.8) is 0 Å². The van der Waals surface area contributed by atoms with Gasteiger partial charge in [-0.1, -0.05) is 18.2 Å². The van der Waals surface area contributed by atoms with Gasteiger partial charge in [-0.2, -0.15) is 4.99 Å². The van der Waals surface area contributed by atoms with Gasteiger partial charge in [-0.3, -0.25) is 9.69 Å². The van der Waals surface area contributed by atoms with Crippen LogP contribution in [0.1, 0.15) is 36.0 Å². The molecule has 0 spiro atoms. The highest BCUT2D eigenvalue weighted by Gasteiger charge is 2.31. The van der Waals surface area contributed by atoms with Gasteiger partial charge >= 0.3 is 0 Å². The summed E-state index contributed by atoms with van der Waals surface area (Å²) in [6.07, 6.45) is 6.74. The van der Waals surface area contributed by atoms with Gasteiger partial charge in [-0.25, -0.2) is 0 Å². The van der Waals surface area contributed by atoms with E-state index in [9.17, 15) is 4.79 Å². The molecule has 5 nitrogen and oxygen atoms in total. The molecular weight excluding hydrogens is 300 g/mol. The minimum Gasteiger partial charge on any atom is -0.357 e. The average Bonchev–Trinajstić information content (AvgIpc) is 3.35. The molecule has 2 fully saturated rings. The predicted octanol–water partition coefficient (Wildman–Crippen LogP) is 2.69. The Kier molecular flexibility index (Phi) is 4.24. The van der Waals surface area contributed by atoms with Crippen molar-refractivity contribution in [2.24, 2.45) is 4.99 Å². The number of nitrogens with zero attached hydrogens (tertiary/aromatic N) is 4. The minimum atomic E-state index is -0.0158. The molecule has 0 atom stereocenters. The molecule has 125 valence electrons. The van der Waals surface area contributed by atoms with Gasteiger partial charge in [0.05, 0.1) is 6.54 Å². The topological polar surface area (TPSA) is 39.2 Å². The molecular formula is C19H23N4O. The lowest BCUT2D eigenvalue weighted by atomic mass is 10.2. The number of likely N-dealkylation sites (tertiary alicyclic amines) is 2. The van der Waals surface area contributed by atoms with E-state index in [1.807, 2.05) is 43.0 Å². The Morgan fingerprint density at radius 2 is 1.50 bits per heavy atom. The first kappa shape index (κ1) is 15.2. The maximum atomic E-state index is 12.9. The number of hydrogen-bond acceptors (Lipinski definition) is 4. The molecule has 1 aromatic carbocycles. The maximum Gasteiger partial charge on any atom is 0.261 e. The highest BCUT2D eigenvalue weighted by atomic mass is 16.2. The Labute approximate surface area is 143 Å². The van der Waals surface area contributed by atoms with Crippen LogP contribution in [0.15, 0.2) is 47.2 Å². The number of carbonyl (C=O) groups is 1. The van der Waals surface area contributed by atoms with Gasteiger partial charge in [0, 0.05) is 31.7 Å². The van der Waals surface area contributed by atoms with Crippen LogP contribution in [0.2, 0.25) is 0 Å². The smallest absolute Gasteiger partial charge is 0.261 e. The zero-order valence-corrected chi connectivity index (χ0v) is 13.9. The fourth-order valence-electron chi connectivity index (χ4n) is 3.54. The Morgan fingerprint density at radius 3 is 2.17 bits per heavy atom. The van der Waals surface area contributed by atoms with Gasteiger partial charge in [-0.05, 0) is 43.9 Å². The molecule has 1 radical (unpaired) electrons. The lowest BCUT2D eigenvalue weighted by Crippen LogP contribution is -2.46. The van der Waals surface area contributed by atoms with Crippen LogP contribution in [-0.4, -0.2) is 52.7 Å². The molecule has 1 amide bonds. The third-order valence-electron chi connectivity index (χ3n) is 4.86. The van der Waals surface area contributed by atoms with E-state index >= 15 is 0 Å². The van der Waals surface area contributed by atoms with Gasteiger partial charge in [0.1, 0.15) is 5.82 Å². The van der Waals surface area contributed by atoms with E-state index in [0.29, 0.717) is 5.56 Å². The average molecular weight is 323 g/mol. The molecule has 1 aromatic rings. The minimum absolute atomic E-state index is 0.0158. The van der Waals surface area contributed by atoms with Crippen molar-refractivity contribution in [2.45, 2.75) is 25.7 Å². The monoisotopic (exact) mass is 323 g/mol. The first-order valence-electron chi connectivity index (χ1n) is 8.85. The van der Waals surface area contributed by atoms with Crippen molar-refractivity contribution >= 4 is 11.9 Å². The SMILES string of the molecule is O=C(c1ccccc1)N1[CH]C=C(N2CCCC2)N=C1N1CCCC1. The second-order valence-corrected chi connectivity index (χ2v) is 6.52. The van der Waals surface area contributed by atoms with Crippen LogP contribution in [0.5, 0.6) is 0 Å². The normalized spacial score (nSPS) is 21.1. The predicted molar refractivity (Wildman–Crippen MR) is 94.0 cm³/mol. The van der Waals surface area contributed by atoms with E-state index in [0.717, 1.165) is 50.8 Å². The largest absolute Gasteiger partial charge is 0.357 e. The van der Waals surface area contributed by atoms with E-state index in [2.05, 4.69) is 9.80 Å². The fourth-order valence-corrected chi connectivity index (χ4v) is 3.54. The molecule has 0 bridgehead atoms. The van der Waals surface area contributed by atoms with Gasteiger partial charge in [0.2, 0.25) is 5.96 Å². The zero-order valence-electron chi connectivity index (χ0n) is 13.9. The van der Waals surface area contributed by atoms with E-state index in [4.69, 9.17) is 4.99 Å². The fraction of sp³-hybridized carbons (Fsp3) is 0.421. The van der Waals surface area contributed by atoms with Crippen molar-refractivity contribution in [2.75, 3.05) is 26.2 Å². The maximum absolute atomic E-state index is 12.9. The highest BCUT2D eigenvalue weighted by molar-refractivity contribution is 6.07. The first-order valence-corrected chi connectivity index (χ1v) is 8.85. The quantitative estimate of drug-likeness (QED) is 0.840. The lowest BCUT2D eigenvalue weighted by molar-refractivity contribution is 0.0862. The zero-order chi connectivity index (χ0) is 16.4. The van der Waals surface area contributed by atoms with Crippen molar-refractivity contribution in [3.05, 3.63) is 54.3 Å². The molecule has 0 aromatic heterocycles. The van der Waals surface area contributed by atoms with Crippen molar-refractivity contribution < 1.29 is 4.79 Å². The van der Waals surface area contributed by atoms with Gasteiger partial charge in [0.15, 0.2) is 0 Å². The number of aliphatic imine (C=N–C) groups is 1. The van der Waals surface area contributed by atoms with Crippen LogP contribution >= 0.6 is 0 Å². The Morgan fingerprint density at radius 1 is 0.875 bits per heavy atom. The van der Waals surface area contributed by atoms with Crippen LogP contribution in [0.4, 0.5) is 0 Å². The molecule has 4 rings (SSSR count). The van der Waals surface area contributed by atoms with Crippen molar-refractivity contribution in [1.29, 1.82) is 0 Å². The standard InChI is InChI=1S/C19H23N4O/c24-18(16-8-2-1-3-9-16)23-15-10-17(21-11-4-5-12-21)20-19(23)22-13-6-7-14-22/h1-3,8-10,15H,4-7,11-14H2. The van der Waals surface area contributed by atoms with Gasteiger partial charge < -0.3 is 9.80 Å². The number of hydrogen-bond donors (Lipinski definition) is 0. The summed E-state index contributed by atoms with van der Waals surface area (Å²) >= 11 is 0. The van der Waals surface area contributed by atoms with E-state index in [-0.39, 0.29) is 5.91 Å². The summed E-state index contributed by atoms with van der Waals surface area (Å²) < 4.78 is 0. The number of carbonyl (C=O) groups excluding carboxylic acids is 1. The van der Waals surface area contributed by atoms with Gasteiger partial charge in [0.25, 0.3) is 5.91 Å². The van der Waals surface area contributed by atoms with Crippen LogP contribution in [0.3, 0.4) is 0 Å². The molecule has 0 saturated carbocycles. The third-order valence-corrected chi connectivity index (χ3v) is 4.86. The summed E-state index contributed by atoms with van der Waals surface area (Å²) in [4.78, 5) is 24.1. The first-order chi connectivity index (χ1) is 11.8. The molecule has 3 heterocycles. The summed E-state index contributed by atoms with van der Waals surface area (Å²) in [5.74, 6) is 1.76. The van der Waals surface area contributed by atoms with E-state index < -0.39 is 0 Å². The molecule has 3 aliphatic heterocycles. The van der Waals surface area contributed by atoms with Crippen molar-refractivity contribution in [3.8, 4) is 0 Å². The lowest BCUT2D eigenvalue weighted by Gasteiger charge is -2.33. The van der Waals surface area contributed by atoms with E-state index in [1.54, 1.807) is 4.90 Å². The number of amides is 1. The molecule has 0 N–H and O–H groups in total. The molecule has 24 heavy (non-hydrogen) atoms. The summed E-state index contributed by atoms with van der Waals surface area (Å²) in [7, 11) is 0.